The highest BCUT2D eigenvalue weighted by atomic mass is 16.5. The topological polar surface area (TPSA) is 78.5 Å². The number of unbranched alkanes of at least 4 members (excludes halogenated alkanes) is 4. The van der Waals surface area contributed by atoms with Gasteiger partial charge in [0.05, 0.1) is 40.3 Å². The Morgan fingerprint density at radius 3 is 2.41 bits per heavy atom. The number of carboxylic acids is 1. The van der Waals surface area contributed by atoms with Gasteiger partial charge in [0.2, 0.25) is 5.91 Å². The SMILES string of the molecule is C[N+](C)(C)C[C@@H](CC(=O)[O-])NC(=O)CCCCCCCOCc1cccc2ccccc12. The molecule has 176 valence electrons. The monoisotopic (exact) mass is 442 g/mol. The molecule has 6 heteroatoms. The summed E-state index contributed by atoms with van der Waals surface area (Å²) in [6, 6.07) is 14.3. The molecule has 0 bridgehead atoms. The van der Waals surface area contributed by atoms with E-state index in [1.54, 1.807) is 0 Å². The predicted molar refractivity (Wildman–Crippen MR) is 126 cm³/mol. The molecule has 2 aromatic rings. The molecule has 32 heavy (non-hydrogen) atoms. The van der Waals surface area contributed by atoms with Crippen molar-refractivity contribution < 1.29 is 23.9 Å². The first kappa shape index (κ1) is 25.8. The van der Waals surface area contributed by atoms with Crippen LogP contribution in [0.15, 0.2) is 42.5 Å². The van der Waals surface area contributed by atoms with Crippen LogP contribution in [0, 0.1) is 0 Å². The highest BCUT2D eigenvalue weighted by Crippen LogP contribution is 2.19. The Balaban J connectivity index is 1.55. The van der Waals surface area contributed by atoms with E-state index < -0.39 is 12.0 Å². The number of nitrogens with zero attached hydrogens (tertiary/aromatic N) is 1. The van der Waals surface area contributed by atoms with Crippen molar-refractivity contribution in [3.8, 4) is 0 Å². The van der Waals surface area contributed by atoms with E-state index in [1.807, 2.05) is 27.2 Å². The van der Waals surface area contributed by atoms with Gasteiger partial charge in [-0.05, 0) is 29.2 Å². The largest absolute Gasteiger partial charge is 0.550 e. The van der Waals surface area contributed by atoms with Gasteiger partial charge in [0.15, 0.2) is 0 Å². The van der Waals surface area contributed by atoms with Crippen LogP contribution in [0.4, 0.5) is 0 Å². The second-order valence-electron chi connectivity index (χ2n) is 9.52. The number of aliphatic carboxylic acids is 1. The van der Waals surface area contributed by atoms with E-state index in [9.17, 15) is 14.7 Å². The van der Waals surface area contributed by atoms with Crippen molar-refractivity contribution in [3.05, 3.63) is 48.0 Å². The summed E-state index contributed by atoms with van der Waals surface area (Å²) in [5.74, 6) is -1.21. The summed E-state index contributed by atoms with van der Waals surface area (Å²) in [5, 5.41) is 16.3. The summed E-state index contributed by atoms with van der Waals surface area (Å²) in [7, 11) is 5.92. The molecule has 1 amide bonds. The average Bonchev–Trinajstić information content (AvgIpc) is 2.70. The fraction of sp³-hybridized carbons (Fsp3) is 0.538. The first-order chi connectivity index (χ1) is 15.2. The van der Waals surface area contributed by atoms with Crippen LogP contribution >= 0.6 is 0 Å². The Morgan fingerprint density at radius 2 is 1.66 bits per heavy atom. The summed E-state index contributed by atoms with van der Waals surface area (Å²) in [5.41, 5.74) is 1.22. The number of amides is 1. The van der Waals surface area contributed by atoms with Crippen LogP contribution in [0.25, 0.3) is 10.8 Å². The minimum absolute atomic E-state index is 0.0804. The molecular formula is C26H38N2O4. The minimum Gasteiger partial charge on any atom is -0.550 e. The summed E-state index contributed by atoms with van der Waals surface area (Å²) >= 11 is 0. The lowest BCUT2D eigenvalue weighted by atomic mass is 10.1. The number of ether oxygens (including phenoxy) is 1. The number of nitrogens with one attached hydrogen (secondary N) is 1. The van der Waals surface area contributed by atoms with Crippen LogP contribution in [0.5, 0.6) is 0 Å². The Kier molecular flexibility index (Phi) is 10.6. The van der Waals surface area contributed by atoms with Gasteiger partial charge in [0.25, 0.3) is 0 Å². The van der Waals surface area contributed by atoms with E-state index in [0.717, 1.165) is 38.7 Å². The summed E-state index contributed by atoms with van der Waals surface area (Å²) in [6.07, 6.45) is 5.22. The maximum Gasteiger partial charge on any atom is 0.220 e. The number of fused-ring (bicyclic) bond motifs is 1. The highest BCUT2D eigenvalue weighted by molar-refractivity contribution is 5.85. The van der Waals surface area contributed by atoms with Crippen molar-refractivity contribution in [3.63, 3.8) is 0 Å². The number of carboxylic acid groups (broad SMARTS) is 1. The molecule has 0 aliphatic rings. The first-order valence-corrected chi connectivity index (χ1v) is 11.6. The molecule has 0 saturated carbocycles. The normalized spacial score (nSPS) is 12.6. The quantitative estimate of drug-likeness (QED) is 0.340. The first-order valence-electron chi connectivity index (χ1n) is 11.6. The Bertz CT molecular complexity index is 855. The summed E-state index contributed by atoms with van der Waals surface area (Å²) < 4.78 is 6.45. The van der Waals surface area contributed by atoms with E-state index in [-0.39, 0.29) is 12.3 Å². The van der Waals surface area contributed by atoms with E-state index >= 15 is 0 Å². The lowest BCUT2D eigenvalue weighted by Gasteiger charge is -2.30. The number of hydrogen-bond donors (Lipinski definition) is 1. The fourth-order valence-corrected chi connectivity index (χ4v) is 3.94. The standard InChI is InChI=1S/C26H38N2O4/c1-28(2,3)19-23(18-26(30)31)27-25(29)16-7-5-4-6-10-17-32-20-22-14-11-13-21-12-8-9-15-24(21)22/h8-9,11-15,23H,4-7,10,16-20H2,1-3H3,(H-,27,29,30,31)/t23-/m1/s1. The molecule has 0 fully saturated rings. The van der Waals surface area contributed by atoms with Crippen molar-refractivity contribution in [1.29, 1.82) is 0 Å². The number of benzene rings is 2. The molecule has 0 aliphatic heterocycles. The zero-order valence-electron chi connectivity index (χ0n) is 19.8. The third kappa shape index (κ3) is 10.2. The smallest absolute Gasteiger partial charge is 0.220 e. The van der Waals surface area contributed by atoms with Gasteiger partial charge in [-0.25, -0.2) is 0 Å². The van der Waals surface area contributed by atoms with Gasteiger partial charge in [-0.2, -0.15) is 0 Å². The molecule has 0 aliphatic carbocycles. The predicted octanol–water partition coefficient (Wildman–Crippen LogP) is 3.03. The molecule has 1 N–H and O–H groups in total. The molecule has 2 rings (SSSR count). The fourth-order valence-electron chi connectivity index (χ4n) is 3.94. The molecule has 0 spiro atoms. The average molecular weight is 443 g/mol. The zero-order valence-corrected chi connectivity index (χ0v) is 19.8. The van der Waals surface area contributed by atoms with Gasteiger partial charge in [-0.15, -0.1) is 0 Å². The second-order valence-corrected chi connectivity index (χ2v) is 9.52. The van der Waals surface area contributed by atoms with Crippen molar-refractivity contribution >= 4 is 22.6 Å². The van der Waals surface area contributed by atoms with Crippen LogP contribution < -0.4 is 10.4 Å². The molecule has 2 aromatic carbocycles. The molecule has 0 unspecified atom stereocenters. The van der Waals surface area contributed by atoms with E-state index in [2.05, 4.69) is 41.7 Å². The van der Waals surface area contributed by atoms with E-state index in [1.165, 1.54) is 16.3 Å². The number of rotatable bonds is 15. The molecule has 6 nitrogen and oxygen atoms in total. The number of quaternary nitrogens is 1. The third-order valence-corrected chi connectivity index (χ3v) is 5.38. The third-order valence-electron chi connectivity index (χ3n) is 5.38. The lowest BCUT2D eigenvalue weighted by Crippen LogP contribution is -2.50. The summed E-state index contributed by atoms with van der Waals surface area (Å²) in [4.78, 5) is 23.1. The maximum atomic E-state index is 12.2. The number of carbonyl (C=O) groups excluding carboxylic acids is 2. The van der Waals surface area contributed by atoms with Crippen LogP contribution in [-0.2, 0) is 20.9 Å². The van der Waals surface area contributed by atoms with Crippen LogP contribution in [0.1, 0.15) is 50.5 Å². The van der Waals surface area contributed by atoms with Crippen molar-refractivity contribution in [2.45, 2.75) is 57.6 Å². The number of carbonyl (C=O) groups is 2. The molecule has 0 saturated heterocycles. The molecule has 0 aromatic heterocycles. The van der Waals surface area contributed by atoms with Crippen molar-refractivity contribution in [1.82, 2.24) is 5.32 Å². The van der Waals surface area contributed by atoms with E-state index in [4.69, 9.17) is 4.74 Å². The van der Waals surface area contributed by atoms with Gasteiger partial charge >= 0.3 is 0 Å². The van der Waals surface area contributed by atoms with Gasteiger partial charge < -0.3 is 24.4 Å². The minimum atomic E-state index is -1.13. The number of hydrogen-bond acceptors (Lipinski definition) is 4. The highest BCUT2D eigenvalue weighted by Gasteiger charge is 2.20. The van der Waals surface area contributed by atoms with Crippen LogP contribution in [0.2, 0.25) is 0 Å². The van der Waals surface area contributed by atoms with Gasteiger partial charge in [-0.1, -0.05) is 61.7 Å². The molecule has 1 atom stereocenters. The van der Waals surface area contributed by atoms with Crippen LogP contribution in [-0.4, -0.2) is 56.7 Å². The van der Waals surface area contributed by atoms with E-state index in [0.29, 0.717) is 24.1 Å². The second kappa shape index (κ2) is 13.2. The van der Waals surface area contributed by atoms with Gasteiger partial charge in [0.1, 0.15) is 0 Å². The van der Waals surface area contributed by atoms with Gasteiger partial charge in [0, 0.05) is 25.4 Å². The summed E-state index contributed by atoms with van der Waals surface area (Å²) in [6.45, 7) is 1.92. The van der Waals surface area contributed by atoms with Crippen molar-refractivity contribution in [2.75, 3.05) is 34.3 Å². The molecule has 0 radical (unpaired) electrons. The maximum absolute atomic E-state index is 12.2. The Labute approximate surface area is 192 Å². The number of likely N-dealkylation sites (N-methyl/N-ethyl adjacent to an activating group) is 1. The van der Waals surface area contributed by atoms with Crippen LogP contribution in [0.3, 0.4) is 0 Å². The van der Waals surface area contributed by atoms with Crippen molar-refractivity contribution in [2.24, 2.45) is 0 Å². The molecular weight excluding hydrogens is 404 g/mol. The zero-order chi connectivity index (χ0) is 23.4. The Morgan fingerprint density at radius 1 is 0.969 bits per heavy atom. The lowest BCUT2D eigenvalue weighted by molar-refractivity contribution is -0.871. The van der Waals surface area contributed by atoms with Gasteiger partial charge in [-0.3, -0.25) is 4.79 Å². The molecule has 0 heterocycles. The Hall–Kier alpha value is -2.44.